The smallest absolute Gasteiger partial charge is 0.238 e. The van der Waals surface area contributed by atoms with Gasteiger partial charge in [0.25, 0.3) is 0 Å². The van der Waals surface area contributed by atoms with Gasteiger partial charge in [0, 0.05) is 54.5 Å². The molecular formula is C75H48N6OSi. The zero-order valence-corrected chi connectivity index (χ0v) is 43.3. The second-order valence-electron chi connectivity index (χ2n) is 19.0. The molecule has 0 unspecified atom stereocenters. The van der Waals surface area contributed by atoms with Crippen LogP contribution in [0.4, 0.5) is 0 Å². The summed E-state index contributed by atoms with van der Waals surface area (Å²) in [4.78, 5) is 14.9. The van der Waals surface area contributed by atoms with E-state index in [2.05, 4.69) is 0 Å². The van der Waals surface area contributed by atoms with Crippen LogP contribution in [0.1, 0.15) is 43.9 Å². The molecule has 0 saturated carbocycles. The second-order valence-corrected chi connectivity index (χ2v) is 22.7. The van der Waals surface area contributed by atoms with Crippen molar-refractivity contribution in [2.75, 3.05) is 0 Å². The summed E-state index contributed by atoms with van der Waals surface area (Å²) in [6.45, 7) is 0. The first-order valence-corrected chi connectivity index (χ1v) is 27.6. The van der Waals surface area contributed by atoms with Crippen molar-refractivity contribution in [2.24, 2.45) is 0 Å². The maximum atomic E-state index is 11.1. The minimum Gasteiger partial charge on any atom is -0.455 e. The fraction of sp³-hybridized carbons (Fsp3) is 0. The van der Waals surface area contributed by atoms with E-state index >= 15 is 0 Å². The van der Waals surface area contributed by atoms with E-state index in [-0.39, 0.29) is 32.2 Å². The van der Waals surface area contributed by atoms with Crippen molar-refractivity contribution >= 4 is 116 Å². The molecule has 0 aliphatic rings. The van der Waals surface area contributed by atoms with Crippen molar-refractivity contribution in [1.82, 2.24) is 28.7 Å². The summed E-state index contributed by atoms with van der Waals surface area (Å²) < 4.78 is 315. The number of para-hydroxylation sites is 7. The third-order valence-corrected chi connectivity index (χ3v) is 19.2. The first-order chi connectivity index (χ1) is 54.5. The van der Waals surface area contributed by atoms with Gasteiger partial charge in [-0.3, -0.25) is 4.57 Å². The van der Waals surface area contributed by atoms with Crippen LogP contribution in [-0.2, 0) is 0 Å². The molecule has 0 saturated heterocycles. The highest BCUT2D eigenvalue weighted by atomic mass is 28.3. The number of furan rings is 1. The Labute approximate surface area is 522 Å². The Morgan fingerprint density at radius 3 is 1.64 bits per heavy atom. The molecule has 0 atom stereocenters. The summed E-state index contributed by atoms with van der Waals surface area (Å²) in [6.07, 6.45) is 0. The highest BCUT2D eigenvalue weighted by Crippen LogP contribution is 2.42. The number of hydrogen-bond donors (Lipinski definition) is 0. The van der Waals surface area contributed by atoms with Crippen LogP contribution < -0.4 is 20.7 Å². The number of nitrogens with zero attached hydrogens (tertiary/aromatic N) is 6. The fourth-order valence-corrected chi connectivity index (χ4v) is 15.6. The fourth-order valence-electron chi connectivity index (χ4n) is 11.3. The van der Waals surface area contributed by atoms with Gasteiger partial charge in [-0.25, -0.2) is 4.98 Å². The maximum absolute atomic E-state index is 11.1. The number of rotatable bonds is 9. The number of fused-ring (bicyclic) bond motifs is 13. The molecule has 0 bridgehead atoms. The van der Waals surface area contributed by atoms with E-state index in [4.69, 9.17) is 33.1 Å². The van der Waals surface area contributed by atoms with Gasteiger partial charge >= 0.3 is 0 Å². The van der Waals surface area contributed by atoms with Gasteiger partial charge < -0.3 is 13.6 Å². The van der Waals surface area contributed by atoms with Crippen LogP contribution >= 0.6 is 0 Å². The highest BCUT2D eigenvalue weighted by Gasteiger charge is 2.42. The molecule has 0 N–H and O–H groups in total. The molecule has 7 nitrogen and oxygen atoms in total. The van der Waals surface area contributed by atoms with Crippen LogP contribution in [0.15, 0.2) is 295 Å². The molecule has 17 rings (SSSR count). The molecule has 83 heavy (non-hydrogen) atoms. The third-order valence-electron chi connectivity index (χ3n) is 14.8. The SMILES string of the molecule is [2H]c1c([2H])c([2H])c(-n2c3c([2H])c([2H])c([2H])c([2H])c3c3c([2H])c([Si](c4ccccc4)(c4ccccc4)c4c([2H])c([2H])c([2H])c(-c5nc(-c6c([2H])c([2H])c([2H])c([2H])c6-n6c7c([2H])c([2H])c([2H])c([2H])c7c7c([2H])c([2H])c([2H])c([2H])c76)nc(-n6c7ccc8c9ccccc9oc8c7c7c([2H])c([2H])c([2H])c([2H])c76)n5)c4[2H])c([2H])c([2H])c32)c([2H])c1[2H]. The van der Waals surface area contributed by atoms with Crippen LogP contribution in [0.3, 0.4) is 0 Å². The Hall–Kier alpha value is -10.9. The van der Waals surface area contributed by atoms with Gasteiger partial charge in [-0.1, -0.05) is 218 Å². The Balaban J connectivity index is 1.09. The number of aromatic nitrogens is 6. The lowest BCUT2D eigenvalue weighted by Gasteiger charge is -2.34. The standard InChI is InChI=1S/C75H48N6OSi/c1-4-24-50(25-5-1)79-63-37-16-12-33-57(63)62-48-54(43-45-68(62)79)83(51-26-6-2-7-27-51,52-28-8-3-9-29-52)53-30-22-23-49(47-53)73-76-74(61-36-14-20-41-67(61)80-64-38-17-10-31-55(64)56-32-11-18-39-65(56)80)78-75(77-73)81-66-40-19-13-35-60(66)71-69(81)46-44-59-58-34-15-21-42-70(58)82-72(59)71/h1-48H/i1D,4D,5D,10D,11D,12D,13D,14D,16D,17D,18D,19D,20D,22D,23D,24D,25D,30D,31D,32D,33D,35D,36D,37D,38D,39D,40D,41D,43D,45D,47D,48D. The van der Waals surface area contributed by atoms with E-state index in [1.165, 1.54) is 54.6 Å². The summed E-state index contributed by atoms with van der Waals surface area (Å²) in [5.41, 5.74) is -5.91. The van der Waals surface area contributed by atoms with Gasteiger partial charge in [0.1, 0.15) is 11.2 Å². The van der Waals surface area contributed by atoms with Crippen LogP contribution in [0, 0.1) is 0 Å². The van der Waals surface area contributed by atoms with E-state index in [0.29, 0.717) is 16.4 Å². The van der Waals surface area contributed by atoms with E-state index in [9.17, 15) is 30.2 Å². The normalized spacial score (nSPS) is 17.5. The predicted molar refractivity (Wildman–Crippen MR) is 345 cm³/mol. The summed E-state index contributed by atoms with van der Waals surface area (Å²) >= 11 is 0. The molecule has 388 valence electrons. The molecule has 0 fully saturated rings. The highest BCUT2D eigenvalue weighted by molar-refractivity contribution is 7.20. The average molecular weight is 1110 g/mol. The van der Waals surface area contributed by atoms with Crippen LogP contribution in [-0.4, -0.2) is 36.7 Å². The van der Waals surface area contributed by atoms with Gasteiger partial charge in [-0.15, -0.1) is 0 Å². The maximum Gasteiger partial charge on any atom is 0.238 e. The lowest BCUT2D eigenvalue weighted by Crippen LogP contribution is -2.74. The van der Waals surface area contributed by atoms with Crippen molar-refractivity contribution in [3.05, 3.63) is 290 Å². The average Bonchev–Trinajstić information content (AvgIpc) is 1.56. The molecule has 5 heterocycles. The van der Waals surface area contributed by atoms with E-state index in [1.54, 1.807) is 42.5 Å². The minimum atomic E-state index is -5.39. The Kier molecular flexibility index (Phi) is 5.65. The Bertz CT molecular complexity index is 7250. The molecule has 0 aliphatic heterocycles. The summed E-state index contributed by atoms with van der Waals surface area (Å²) in [6, 6.07) is -3.76. The molecule has 0 amide bonds. The van der Waals surface area contributed by atoms with Crippen molar-refractivity contribution in [2.45, 2.75) is 0 Å². The Morgan fingerprint density at radius 1 is 0.349 bits per heavy atom. The third kappa shape index (κ3) is 7.06. The van der Waals surface area contributed by atoms with E-state index in [0.717, 1.165) is 13.7 Å². The number of hydrogen-bond acceptors (Lipinski definition) is 4. The molecule has 8 heteroatoms. The van der Waals surface area contributed by atoms with Crippen LogP contribution in [0.5, 0.6) is 0 Å². The van der Waals surface area contributed by atoms with Crippen molar-refractivity contribution in [3.8, 4) is 40.1 Å². The lowest BCUT2D eigenvalue weighted by molar-refractivity contribution is 0.673. The first kappa shape index (κ1) is 25.2. The zero-order valence-electron chi connectivity index (χ0n) is 74.3. The molecular weight excluding hydrogens is 1030 g/mol. The zero-order chi connectivity index (χ0) is 82.4. The second kappa shape index (κ2) is 18.6. The van der Waals surface area contributed by atoms with E-state index in [1.807, 2.05) is 0 Å². The topological polar surface area (TPSA) is 66.6 Å². The molecule has 0 radical (unpaired) electrons. The molecule has 0 aliphatic carbocycles. The van der Waals surface area contributed by atoms with Crippen molar-refractivity contribution in [1.29, 1.82) is 0 Å². The van der Waals surface area contributed by atoms with Crippen LogP contribution in [0.2, 0.25) is 0 Å². The molecule has 5 aromatic heterocycles. The molecule has 0 spiro atoms. The summed E-state index contributed by atoms with van der Waals surface area (Å²) in [5.74, 6) is -2.64. The van der Waals surface area contributed by atoms with Gasteiger partial charge in [0.05, 0.1) is 88.0 Å². The quantitative estimate of drug-likeness (QED) is 0.107. The number of benzene rings is 12. The van der Waals surface area contributed by atoms with Crippen molar-refractivity contribution < 1.29 is 48.3 Å². The monoisotopic (exact) mass is 1110 g/mol. The Morgan fingerprint density at radius 2 is 0.916 bits per heavy atom. The van der Waals surface area contributed by atoms with E-state index < -0.39 is 301 Å². The van der Waals surface area contributed by atoms with Crippen molar-refractivity contribution in [3.63, 3.8) is 0 Å². The summed E-state index contributed by atoms with van der Waals surface area (Å²) in [5, 5.41) is -2.33. The predicted octanol–water partition coefficient (Wildman–Crippen LogP) is 15.8. The minimum absolute atomic E-state index is 0.0170. The van der Waals surface area contributed by atoms with Gasteiger partial charge in [0.2, 0.25) is 5.95 Å². The van der Waals surface area contributed by atoms with Gasteiger partial charge in [-0.05, 0) is 93.3 Å². The largest absolute Gasteiger partial charge is 0.455 e. The van der Waals surface area contributed by atoms with Gasteiger partial charge in [0.15, 0.2) is 19.7 Å². The van der Waals surface area contributed by atoms with Crippen LogP contribution in [0.25, 0.3) is 127 Å². The molecule has 12 aromatic carbocycles. The first-order valence-electron chi connectivity index (χ1n) is 41.6. The van der Waals surface area contributed by atoms with Gasteiger partial charge in [-0.2, -0.15) is 9.97 Å². The summed E-state index contributed by atoms with van der Waals surface area (Å²) in [7, 11) is -5.39. The lowest BCUT2D eigenvalue weighted by atomic mass is 10.1. The molecule has 17 aromatic rings.